The lowest BCUT2D eigenvalue weighted by Crippen LogP contribution is -2.70. The van der Waals surface area contributed by atoms with Gasteiger partial charge >= 0.3 is 11.9 Å². The first-order valence-electron chi connectivity index (χ1n) is 12.7. The monoisotopic (exact) mass is 590 g/mol. The zero-order valence-electron chi connectivity index (χ0n) is 22.2. The van der Waals surface area contributed by atoms with Gasteiger partial charge in [-0.25, -0.2) is 9.59 Å². The van der Waals surface area contributed by atoms with Gasteiger partial charge in [0.1, 0.15) is 34.9 Å². The second-order valence-electron chi connectivity index (χ2n) is 11.5. The Bertz CT molecular complexity index is 1220. The van der Waals surface area contributed by atoms with Crippen molar-refractivity contribution in [3.63, 3.8) is 0 Å². The van der Waals surface area contributed by atoms with E-state index < -0.39 is 68.2 Å². The summed E-state index contributed by atoms with van der Waals surface area (Å²) < 4.78 is -1.35. The topological polar surface area (TPSA) is 173 Å². The van der Waals surface area contributed by atoms with Crippen molar-refractivity contribution in [3.05, 3.63) is 35.4 Å². The van der Waals surface area contributed by atoms with Crippen LogP contribution in [0.3, 0.4) is 0 Å². The molecule has 4 aliphatic rings. The average Bonchev–Trinajstić information content (AvgIpc) is 3.27. The van der Waals surface area contributed by atoms with Crippen LogP contribution in [0, 0.1) is 0 Å². The van der Waals surface area contributed by atoms with Crippen LogP contribution in [0.25, 0.3) is 0 Å². The van der Waals surface area contributed by atoms with Crippen molar-refractivity contribution >= 4 is 59.1 Å². The summed E-state index contributed by atoms with van der Waals surface area (Å²) in [4.78, 5) is 76.4. The molecule has 4 heterocycles. The summed E-state index contributed by atoms with van der Waals surface area (Å²) in [6, 6.07) is 3.37. The fourth-order valence-electron chi connectivity index (χ4n) is 5.89. The molecule has 6 atom stereocenters. The molecule has 0 radical (unpaired) electrons. The van der Waals surface area contributed by atoms with Crippen molar-refractivity contribution in [1.29, 1.82) is 0 Å². The number of thioether (sulfide) groups is 2. The summed E-state index contributed by atoms with van der Waals surface area (Å²) in [5, 5.41) is 23.6. The third kappa shape index (κ3) is 4.60. The smallest absolute Gasteiger partial charge is 0.327 e. The van der Waals surface area contributed by atoms with Crippen LogP contribution >= 0.6 is 23.5 Å². The van der Waals surface area contributed by atoms with Gasteiger partial charge in [-0.05, 0) is 38.8 Å². The molecule has 0 saturated carbocycles. The fourth-order valence-corrected chi connectivity index (χ4v) is 9.14. The molecule has 4 aliphatic heterocycles. The number of nitrogens with one attached hydrogen (secondary N) is 2. The Morgan fingerprint density at radius 1 is 0.725 bits per heavy atom. The van der Waals surface area contributed by atoms with E-state index in [2.05, 4.69) is 10.6 Å². The largest absolute Gasteiger partial charge is 0.480 e. The Labute approximate surface area is 238 Å². The Morgan fingerprint density at radius 2 is 1.05 bits per heavy atom. The van der Waals surface area contributed by atoms with Crippen molar-refractivity contribution in [3.8, 4) is 0 Å². The number of fused-ring (bicyclic) bond motifs is 2. The molecule has 1 aromatic rings. The summed E-state index contributed by atoms with van der Waals surface area (Å²) in [6.45, 7) is 7.07. The van der Waals surface area contributed by atoms with Crippen molar-refractivity contribution in [2.24, 2.45) is 0 Å². The van der Waals surface area contributed by atoms with E-state index in [9.17, 15) is 39.0 Å². The number of rotatable bonds is 8. The first-order chi connectivity index (χ1) is 18.6. The Balaban J connectivity index is 1.11. The molecule has 5 rings (SSSR count). The van der Waals surface area contributed by atoms with Gasteiger partial charge < -0.3 is 30.6 Å². The predicted octanol–water partition coefficient (Wildman–Crippen LogP) is 0.0350. The van der Waals surface area contributed by atoms with Gasteiger partial charge in [0.2, 0.25) is 23.6 Å². The van der Waals surface area contributed by atoms with Gasteiger partial charge in [-0.3, -0.25) is 19.2 Å². The maximum Gasteiger partial charge on any atom is 0.327 e. The number of carboxylic acid groups (broad SMARTS) is 2. The lowest BCUT2D eigenvalue weighted by atomic mass is 9.96. The van der Waals surface area contributed by atoms with Crippen LogP contribution in [0.1, 0.15) is 38.8 Å². The van der Waals surface area contributed by atoms with Gasteiger partial charge in [-0.15, -0.1) is 23.5 Å². The number of nitrogens with zero attached hydrogens (tertiary/aromatic N) is 2. The number of β-lactam (4-membered cyclic amide) rings is 2. The lowest BCUT2D eigenvalue weighted by Gasteiger charge is -2.43. The van der Waals surface area contributed by atoms with Crippen molar-refractivity contribution < 1.29 is 39.0 Å². The molecular weight excluding hydrogens is 560 g/mol. The maximum atomic E-state index is 12.6. The molecule has 14 heteroatoms. The SMILES string of the molecule is CC1(C)S[C@@H]2[C@H](NC(=O)Cc3ccc(CC(=O)N[C@@H]4C(=O)N5[C@@H]4SC(C)(C)[C@@H]5C(=O)O)cc3)C(=O)N2[C@H]1C(=O)O. The first kappa shape index (κ1) is 28.3. The molecular formula is C26H30N4O8S2. The van der Waals surface area contributed by atoms with Crippen molar-refractivity contribution in [2.75, 3.05) is 0 Å². The maximum absolute atomic E-state index is 12.6. The number of hydrogen-bond donors (Lipinski definition) is 4. The zero-order valence-corrected chi connectivity index (χ0v) is 23.9. The number of carbonyl (C=O) groups excluding carboxylic acids is 4. The minimum atomic E-state index is -1.07. The molecule has 214 valence electrons. The van der Waals surface area contributed by atoms with E-state index in [4.69, 9.17) is 0 Å². The van der Waals surface area contributed by atoms with E-state index in [1.807, 2.05) is 0 Å². The minimum Gasteiger partial charge on any atom is -0.480 e. The van der Waals surface area contributed by atoms with Gasteiger partial charge in [-0.2, -0.15) is 0 Å². The number of hydrogen-bond acceptors (Lipinski definition) is 8. The molecule has 0 aromatic heterocycles. The molecule has 4 saturated heterocycles. The number of amides is 4. The highest BCUT2D eigenvalue weighted by molar-refractivity contribution is 8.02. The molecule has 4 amide bonds. The standard InChI is InChI=1S/C26H30N4O8S2/c1-25(2)17(23(35)36)29-19(33)15(21(29)39-25)27-13(31)9-11-5-7-12(8-6-11)10-14(32)28-16-20(34)30-18(24(37)38)26(3,4)40-22(16)30/h5-8,15-18,21-22H,9-10H2,1-4H3,(H,27,31)(H,28,32)(H,35,36)(H,37,38)/t15-,16-,17+,18+,21-,22-/m1/s1. The quantitative estimate of drug-likeness (QED) is 0.303. The summed E-state index contributed by atoms with van der Waals surface area (Å²) in [5.41, 5.74) is 1.34. The second kappa shape index (κ2) is 9.68. The molecule has 1 aromatic carbocycles. The van der Waals surface area contributed by atoms with Crippen LogP contribution in [0.4, 0.5) is 0 Å². The Kier molecular flexibility index (Phi) is 6.85. The minimum absolute atomic E-state index is 0.00520. The Hall–Kier alpha value is -3.26. The molecule has 40 heavy (non-hydrogen) atoms. The summed E-state index contributed by atoms with van der Waals surface area (Å²) in [6.07, 6.45) is 0.0104. The number of aliphatic carboxylic acids is 2. The molecule has 12 nitrogen and oxygen atoms in total. The highest BCUT2D eigenvalue weighted by Crippen LogP contribution is 2.51. The molecule has 4 N–H and O–H groups in total. The molecule has 0 aliphatic carbocycles. The normalized spacial score (nSPS) is 31.0. The van der Waals surface area contributed by atoms with E-state index in [0.29, 0.717) is 11.1 Å². The van der Waals surface area contributed by atoms with E-state index in [1.54, 1.807) is 52.0 Å². The van der Waals surface area contributed by atoms with Crippen LogP contribution < -0.4 is 10.6 Å². The third-order valence-corrected chi connectivity index (χ3v) is 10.9. The first-order valence-corrected chi connectivity index (χ1v) is 14.5. The number of benzene rings is 1. The third-order valence-electron chi connectivity index (χ3n) is 7.74. The van der Waals surface area contributed by atoms with Crippen molar-refractivity contribution in [2.45, 2.75) is 84.9 Å². The average molecular weight is 591 g/mol. The highest BCUT2D eigenvalue weighted by Gasteiger charge is 2.65. The fraction of sp³-hybridized carbons (Fsp3) is 0.538. The molecule has 4 fully saturated rings. The zero-order chi connectivity index (χ0) is 29.3. The summed E-state index contributed by atoms with van der Waals surface area (Å²) >= 11 is 2.72. The summed E-state index contributed by atoms with van der Waals surface area (Å²) in [7, 11) is 0. The second-order valence-corrected chi connectivity index (χ2v) is 15.0. The van der Waals surface area contributed by atoms with Crippen LogP contribution in [0.15, 0.2) is 24.3 Å². The molecule has 0 spiro atoms. The van der Waals surface area contributed by atoms with Crippen LogP contribution in [0.2, 0.25) is 0 Å². The van der Waals surface area contributed by atoms with E-state index >= 15 is 0 Å². The van der Waals surface area contributed by atoms with Crippen LogP contribution in [0.5, 0.6) is 0 Å². The van der Waals surface area contributed by atoms with E-state index in [-0.39, 0.29) is 24.7 Å². The van der Waals surface area contributed by atoms with Gasteiger partial charge in [-0.1, -0.05) is 24.3 Å². The van der Waals surface area contributed by atoms with Gasteiger partial charge in [0.15, 0.2) is 0 Å². The van der Waals surface area contributed by atoms with E-state index in [0.717, 1.165) is 0 Å². The summed E-state index contributed by atoms with van der Waals surface area (Å²) in [5.74, 6) is -3.69. The highest BCUT2D eigenvalue weighted by atomic mass is 32.2. The molecule has 0 bridgehead atoms. The van der Waals surface area contributed by atoms with Crippen LogP contribution in [-0.2, 0) is 41.6 Å². The van der Waals surface area contributed by atoms with Crippen LogP contribution in [-0.4, -0.2) is 100.0 Å². The molecule has 0 unspecified atom stereocenters. The van der Waals surface area contributed by atoms with E-state index in [1.165, 1.54) is 33.3 Å². The lowest BCUT2D eigenvalue weighted by molar-refractivity contribution is -0.161. The Morgan fingerprint density at radius 3 is 1.35 bits per heavy atom. The van der Waals surface area contributed by atoms with Gasteiger partial charge in [0.25, 0.3) is 0 Å². The predicted molar refractivity (Wildman–Crippen MR) is 145 cm³/mol. The number of carbonyl (C=O) groups is 6. The van der Waals surface area contributed by atoms with Gasteiger partial charge in [0.05, 0.1) is 12.8 Å². The van der Waals surface area contributed by atoms with Crippen molar-refractivity contribution in [1.82, 2.24) is 20.4 Å². The van der Waals surface area contributed by atoms with Gasteiger partial charge in [0, 0.05) is 9.49 Å². The number of carboxylic acids is 2.